The number of alkyl halides is 3. The molecule has 2 aliphatic rings. The summed E-state index contributed by atoms with van der Waals surface area (Å²) in [4.78, 5) is 24.9. The molecule has 0 aliphatic carbocycles. The summed E-state index contributed by atoms with van der Waals surface area (Å²) >= 11 is 4.29. The van der Waals surface area contributed by atoms with Crippen molar-refractivity contribution < 1.29 is 27.5 Å². The molecule has 2 amide bonds. The molecule has 2 aliphatic heterocycles. The molecule has 2 aromatic carbocycles. The fourth-order valence-electron chi connectivity index (χ4n) is 3.84. The highest BCUT2D eigenvalue weighted by molar-refractivity contribution is 9.10. The first kappa shape index (κ1) is 25.5. The van der Waals surface area contributed by atoms with Gasteiger partial charge in [-0.1, -0.05) is 40.2 Å². The average Bonchev–Trinajstić information content (AvgIpc) is 3.28. The van der Waals surface area contributed by atoms with Gasteiger partial charge in [-0.25, -0.2) is 5.01 Å². The van der Waals surface area contributed by atoms with Crippen LogP contribution in [-0.4, -0.2) is 53.1 Å². The molecule has 3 unspecified atom stereocenters. The first-order valence-corrected chi connectivity index (χ1v) is 12.5. The molecule has 186 valence electrons. The Bertz CT molecular complexity index is 1110. The van der Waals surface area contributed by atoms with Crippen LogP contribution in [0, 0.1) is 0 Å². The van der Waals surface area contributed by atoms with Crippen LogP contribution in [0.25, 0.3) is 0 Å². The first-order valence-electron chi connectivity index (χ1n) is 10.7. The van der Waals surface area contributed by atoms with Gasteiger partial charge in [-0.05, 0) is 35.4 Å². The molecule has 0 saturated carbocycles. The molecule has 2 heterocycles. The van der Waals surface area contributed by atoms with Crippen LogP contribution in [0.5, 0.6) is 5.75 Å². The van der Waals surface area contributed by atoms with Gasteiger partial charge in [0.05, 0.1) is 31.0 Å². The zero-order chi connectivity index (χ0) is 25.2. The molecule has 0 radical (unpaired) electrons. The number of nitrogens with one attached hydrogen (secondary N) is 2. The van der Waals surface area contributed by atoms with Gasteiger partial charge in [-0.15, -0.1) is 11.8 Å². The number of methoxy groups -OCH3 is 1. The number of hydrazone groups is 1. The van der Waals surface area contributed by atoms with Crippen LogP contribution in [0.3, 0.4) is 0 Å². The third-order valence-electron chi connectivity index (χ3n) is 5.65. The van der Waals surface area contributed by atoms with Gasteiger partial charge in [0.1, 0.15) is 17.3 Å². The van der Waals surface area contributed by atoms with Gasteiger partial charge in [0.15, 0.2) is 0 Å². The van der Waals surface area contributed by atoms with Crippen molar-refractivity contribution >= 4 is 45.2 Å². The number of ether oxygens (including phenoxy) is 1. The van der Waals surface area contributed by atoms with E-state index in [1.54, 1.807) is 19.2 Å². The minimum atomic E-state index is -4.56. The van der Waals surface area contributed by atoms with Gasteiger partial charge >= 0.3 is 6.18 Å². The number of benzene rings is 2. The van der Waals surface area contributed by atoms with E-state index < -0.39 is 30.0 Å². The number of amides is 2. The van der Waals surface area contributed by atoms with Gasteiger partial charge in [0.25, 0.3) is 5.91 Å². The minimum Gasteiger partial charge on any atom is -0.497 e. The second kappa shape index (κ2) is 10.6. The molecule has 2 aromatic rings. The Morgan fingerprint density at radius 2 is 1.86 bits per heavy atom. The molecular weight excluding hydrogens is 549 g/mol. The van der Waals surface area contributed by atoms with Crippen LogP contribution in [0.2, 0.25) is 0 Å². The van der Waals surface area contributed by atoms with Crippen LogP contribution >= 0.6 is 27.7 Å². The van der Waals surface area contributed by atoms with Crippen molar-refractivity contribution in [3.8, 4) is 5.75 Å². The van der Waals surface area contributed by atoms with E-state index in [2.05, 4.69) is 31.7 Å². The van der Waals surface area contributed by atoms with Crippen LogP contribution in [0.1, 0.15) is 30.0 Å². The van der Waals surface area contributed by atoms with E-state index in [0.29, 0.717) is 12.2 Å². The summed E-state index contributed by atoms with van der Waals surface area (Å²) in [7, 11) is 1.56. The number of halogens is 4. The molecule has 0 spiro atoms. The molecule has 1 fully saturated rings. The standard InChI is InChI=1S/C23H22BrF3N4O3S/c1-34-16-8-4-14(5-9-16)18-10-17(13-2-6-15(24)7-3-13)30-31(18)21(33)12-35-22-28-19(23(25,26)27)11-20(32)29-22/h2-9,18-19,22,28H,10-12H2,1H3,(H,29,32). The fraction of sp³-hybridized carbons (Fsp3) is 0.348. The summed E-state index contributed by atoms with van der Waals surface area (Å²) < 4.78 is 45.4. The van der Waals surface area contributed by atoms with Crippen molar-refractivity contribution in [2.75, 3.05) is 12.9 Å². The lowest BCUT2D eigenvalue weighted by Gasteiger charge is -2.32. The Hall–Kier alpha value is -2.57. The topological polar surface area (TPSA) is 83.0 Å². The highest BCUT2D eigenvalue weighted by Crippen LogP contribution is 2.35. The zero-order valence-corrected chi connectivity index (χ0v) is 20.9. The third-order valence-corrected chi connectivity index (χ3v) is 7.18. The number of carbonyl (C=O) groups is 2. The molecule has 0 bridgehead atoms. The van der Waals surface area contributed by atoms with E-state index in [1.807, 2.05) is 36.4 Å². The summed E-state index contributed by atoms with van der Waals surface area (Å²) in [5.41, 5.74) is 1.40. The lowest BCUT2D eigenvalue weighted by atomic mass is 9.98. The summed E-state index contributed by atoms with van der Waals surface area (Å²) in [6.45, 7) is 0. The van der Waals surface area contributed by atoms with Crippen molar-refractivity contribution in [2.45, 2.75) is 36.6 Å². The van der Waals surface area contributed by atoms with Gasteiger partial charge in [-0.2, -0.15) is 18.3 Å². The highest BCUT2D eigenvalue weighted by atomic mass is 79.9. The lowest BCUT2D eigenvalue weighted by Crippen LogP contribution is -2.59. The van der Waals surface area contributed by atoms with Gasteiger partial charge < -0.3 is 10.1 Å². The van der Waals surface area contributed by atoms with E-state index in [4.69, 9.17) is 4.74 Å². The second-order valence-electron chi connectivity index (χ2n) is 8.01. The number of thioether (sulfide) groups is 1. The summed E-state index contributed by atoms with van der Waals surface area (Å²) in [6.07, 6.45) is -4.78. The van der Waals surface area contributed by atoms with Gasteiger partial charge in [0, 0.05) is 10.9 Å². The van der Waals surface area contributed by atoms with Crippen LogP contribution in [0.4, 0.5) is 13.2 Å². The zero-order valence-electron chi connectivity index (χ0n) is 18.5. The smallest absolute Gasteiger partial charge is 0.404 e. The number of hydrogen-bond acceptors (Lipinski definition) is 6. The van der Waals surface area contributed by atoms with Crippen LogP contribution < -0.4 is 15.4 Å². The average molecular weight is 571 g/mol. The number of nitrogens with zero attached hydrogens (tertiary/aromatic N) is 2. The van der Waals surface area contributed by atoms with Crippen molar-refractivity contribution in [2.24, 2.45) is 5.10 Å². The van der Waals surface area contributed by atoms with Crippen LogP contribution in [-0.2, 0) is 9.59 Å². The molecule has 7 nitrogen and oxygen atoms in total. The third kappa shape index (κ3) is 6.17. The predicted molar refractivity (Wildman–Crippen MR) is 130 cm³/mol. The number of rotatable bonds is 6. The Labute approximate surface area is 212 Å². The largest absolute Gasteiger partial charge is 0.497 e. The maximum Gasteiger partial charge on any atom is 0.404 e. The normalized spacial score (nSPS) is 22.5. The SMILES string of the molecule is COc1ccc(C2CC(c3ccc(Br)cc3)=NN2C(=O)CSC2NC(=O)CC(C(F)(F)F)N2)cc1. The molecule has 0 aromatic heterocycles. The monoisotopic (exact) mass is 570 g/mol. The van der Waals surface area contributed by atoms with Crippen molar-refractivity contribution in [1.82, 2.24) is 15.6 Å². The van der Waals surface area contributed by atoms with E-state index in [1.165, 1.54) is 5.01 Å². The summed E-state index contributed by atoms with van der Waals surface area (Å²) in [6, 6.07) is 12.5. The summed E-state index contributed by atoms with van der Waals surface area (Å²) in [5, 5.41) is 10.7. The molecule has 3 atom stereocenters. The van der Waals surface area contributed by atoms with Gasteiger partial charge in [0.2, 0.25) is 5.91 Å². The number of hydrogen-bond donors (Lipinski definition) is 2. The van der Waals surface area contributed by atoms with E-state index >= 15 is 0 Å². The maximum atomic E-state index is 13.2. The molecule has 12 heteroatoms. The van der Waals surface area contributed by atoms with Gasteiger partial charge in [-0.3, -0.25) is 14.9 Å². The summed E-state index contributed by atoms with van der Waals surface area (Å²) in [5.74, 6) is -0.601. The first-order chi connectivity index (χ1) is 16.6. The van der Waals surface area contributed by atoms with Crippen molar-refractivity contribution in [3.05, 3.63) is 64.1 Å². The Balaban J connectivity index is 1.51. The highest BCUT2D eigenvalue weighted by Gasteiger charge is 2.45. The Kier molecular flexibility index (Phi) is 7.72. The van der Waals surface area contributed by atoms with Crippen molar-refractivity contribution in [3.63, 3.8) is 0 Å². The van der Waals surface area contributed by atoms with Crippen LogP contribution in [0.15, 0.2) is 58.1 Å². The molecule has 1 saturated heterocycles. The molecule has 2 N–H and O–H groups in total. The fourth-order valence-corrected chi connectivity index (χ4v) is 5.02. The lowest BCUT2D eigenvalue weighted by molar-refractivity contribution is -0.167. The Morgan fingerprint density at radius 1 is 1.17 bits per heavy atom. The Morgan fingerprint density at radius 3 is 2.49 bits per heavy atom. The van der Waals surface area contributed by atoms with E-state index in [0.717, 1.165) is 33.1 Å². The molecule has 4 rings (SSSR count). The van der Waals surface area contributed by atoms with E-state index in [-0.39, 0.29) is 17.7 Å². The predicted octanol–water partition coefficient (Wildman–Crippen LogP) is 4.19. The second-order valence-corrected chi connectivity index (χ2v) is 10.0. The minimum absolute atomic E-state index is 0.174. The molecular formula is C23H22BrF3N4O3S. The van der Waals surface area contributed by atoms with E-state index in [9.17, 15) is 22.8 Å². The quantitative estimate of drug-likeness (QED) is 0.544. The molecule has 35 heavy (non-hydrogen) atoms. The number of carbonyl (C=O) groups excluding carboxylic acids is 2. The van der Waals surface area contributed by atoms with Crippen molar-refractivity contribution in [1.29, 1.82) is 0 Å². The maximum absolute atomic E-state index is 13.2.